The van der Waals surface area contributed by atoms with Gasteiger partial charge < -0.3 is 14.6 Å². The van der Waals surface area contributed by atoms with E-state index in [2.05, 4.69) is 6.58 Å². The highest BCUT2D eigenvalue weighted by Crippen LogP contribution is 2.31. The summed E-state index contributed by atoms with van der Waals surface area (Å²) in [5, 5.41) is 10.2. The van der Waals surface area contributed by atoms with Crippen LogP contribution in [0.3, 0.4) is 0 Å². The van der Waals surface area contributed by atoms with Gasteiger partial charge in [0.25, 0.3) is 0 Å². The van der Waals surface area contributed by atoms with Crippen molar-refractivity contribution in [1.82, 2.24) is 0 Å². The van der Waals surface area contributed by atoms with Gasteiger partial charge in [0.2, 0.25) is 0 Å². The summed E-state index contributed by atoms with van der Waals surface area (Å²) in [6.07, 6.45) is 0.0363. The van der Waals surface area contributed by atoms with Gasteiger partial charge in [0.05, 0.1) is 19.3 Å². The van der Waals surface area contributed by atoms with Crippen LogP contribution in [0.1, 0.15) is 18.9 Å². The van der Waals surface area contributed by atoms with Crippen LogP contribution in [0.25, 0.3) is 0 Å². The lowest BCUT2D eigenvalue weighted by atomic mass is 9.86. The first-order valence-electron chi connectivity index (χ1n) is 6.25. The zero-order valence-electron chi connectivity index (χ0n) is 10.8. The third kappa shape index (κ3) is 2.64. The Balaban J connectivity index is 2.09. The lowest BCUT2D eigenvalue weighted by Gasteiger charge is -2.41. The van der Waals surface area contributed by atoms with Gasteiger partial charge in [0, 0.05) is 6.61 Å². The summed E-state index contributed by atoms with van der Waals surface area (Å²) >= 11 is 0. The first kappa shape index (κ1) is 13.3. The fourth-order valence-electron chi connectivity index (χ4n) is 2.20. The summed E-state index contributed by atoms with van der Waals surface area (Å²) in [4.78, 5) is 0. The van der Waals surface area contributed by atoms with Crippen LogP contribution in [-0.4, -0.2) is 30.0 Å². The third-order valence-corrected chi connectivity index (χ3v) is 3.45. The summed E-state index contributed by atoms with van der Waals surface area (Å²) in [5.74, 6) is 0. The predicted molar refractivity (Wildman–Crippen MR) is 70.2 cm³/mol. The van der Waals surface area contributed by atoms with E-state index in [1.54, 1.807) is 0 Å². The fraction of sp³-hybridized carbons (Fsp3) is 0.467. The highest BCUT2D eigenvalue weighted by atomic mass is 16.6. The van der Waals surface area contributed by atoms with Crippen molar-refractivity contribution >= 4 is 0 Å². The van der Waals surface area contributed by atoms with Crippen LogP contribution >= 0.6 is 0 Å². The molecule has 0 radical (unpaired) electrons. The Morgan fingerprint density at radius 2 is 2.22 bits per heavy atom. The Labute approximate surface area is 108 Å². The van der Waals surface area contributed by atoms with Crippen molar-refractivity contribution in [2.45, 2.75) is 31.7 Å². The molecule has 1 aromatic rings. The molecule has 0 aliphatic carbocycles. The van der Waals surface area contributed by atoms with E-state index < -0.39 is 11.7 Å². The van der Waals surface area contributed by atoms with E-state index >= 15 is 0 Å². The lowest BCUT2D eigenvalue weighted by molar-refractivity contribution is -0.174. The zero-order valence-corrected chi connectivity index (χ0v) is 10.8. The highest BCUT2D eigenvalue weighted by Gasteiger charge is 2.42. The molecule has 1 heterocycles. The quantitative estimate of drug-likeness (QED) is 0.831. The Hall–Kier alpha value is -1.16. The molecule has 0 amide bonds. The average molecular weight is 248 g/mol. The monoisotopic (exact) mass is 248 g/mol. The molecule has 18 heavy (non-hydrogen) atoms. The van der Waals surface area contributed by atoms with E-state index in [9.17, 15) is 5.11 Å². The fourth-order valence-corrected chi connectivity index (χ4v) is 2.20. The lowest BCUT2D eigenvalue weighted by Crippen LogP contribution is -2.53. The van der Waals surface area contributed by atoms with Crippen LogP contribution in [0.5, 0.6) is 0 Å². The normalized spacial score (nSPS) is 28.0. The molecular weight excluding hydrogens is 228 g/mol. The Bertz CT molecular complexity index is 401. The molecule has 1 aliphatic rings. The smallest absolute Gasteiger partial charge is 0.138 e. The topological polar surface area (TPSA) is 38.7 Å². The minimum atomic E-state index is -0.770. The van der Waals surface area contributed by atoms with E-state index in [1.807, 2.05) is 37.3 Å². The van der Waals surface area contributed by atoms with Gasteiger partial charge >= 0.3 is 0 Å². The number of rotatable bonds is 4. The molecule has 0 bridgehead atoms. The van der Waals surface area contributed by atoms with Crippen molar-refractivity contribution in [3.63, 3.8) is 0 Å². The Morgan fingerprint density at radius 1 is 1.50 bits per heavy atom. The van der Waals surface area contributed by atoms with E-state index in [1.165, 1.54) is 0 Å². The number of aliphatic hydroxyl groups excluding tert-OH is 1. The van der Waals surface area contributed by atoms with Gasteiger partial charge in [-0.1, -0.05) is 36.9 Å². The van der Waals surface area contributed by atoms with Crippen LogP contribution in [0, 0.1) is 0 Å². The van der Waals surface area contributed by atoms with Crippen LogP contribution in [-0.2, 0) is 16.1 Å². The first-order valence-corrected chi connectivity index (χ1v) is 6.25. The van der Waals surface area contributed by atoms with Gasteiger partial charge in [-0.3, -0.25) is 0 Å². The van der Waals surface area contributed by atoms with Crippen molar-refractivity contribution in [2.24, 2.45) is 0 Å². The van der Waals surface area contributed by atoms with Gasteiger partial charge in [-0.2, -0.15) is 0 Å². The van der Waals surface area contributed by atoms with Crippen molar-refractivity contribution in [3.8, 4) is 0 Å². The summed E-state index contributed by atoms with van der Waals surface area (Å²) in [7, 11) is 0. The minimum Gasteiger partial charge on any atom is -0.390 e. The number of hydrogen-bond donors (Lipinski definition) is 1. The molecule has 3 heteroatoms. The molecule has 1 aliphatic heterocycles. The molecule has 3 nitrogen and oxygen atoms in total. The molecule has 0 aromatic heterocycles. The standard InChI is InChI=1S/C15H20O3/c1-12(2)15(11-17-9-8-14(15)16)18-10-13-6-4-3-5-7-13/h3-7,14,16H,1,8-11H2,2H3/t14-,15+/m0/s1. The maximum absolute atomic E-state index is 10.2. The second kappa shape index (κ2) is 5.65. The SMILES string of the molecule is C=C(C)[C@]1(OCc2ccccc2)COCC[C@@H]1O. The van der Waals surface area contributed by atoms with Gasteiger partial charge in [0.15, 0.2) is 0 Å². The van der Waals surface area contributed by atoms with E-state index in [0.29, 0.717) is 26.2 Å². The summed E-state index contributed by atoms with van der Waals surface area (Å²) in [6.45, 7) is 7.22. The molecule has 98 valence electrons. The van der Waals surface area contributed by atoms with Crippen molar-refractivity contribution in [3.05, 3.63) is 48.0 Å². The highest BCUT2D eigenvalue weighted by molar-refractivity contribution is 5.18. The second-order valence-electron chi connectivity index (χ2n) is 4.80. The molecule has 0 unspecified atom stereocenters. The molecular formula is C15H20O3. The summed E-state index contributed by atoms with van der Waals surface area (Å²) < 4.78 is 11.4. The van der Waals surface area contributed by atoms with Gasteiger partial charge in [0.1, 0.15) is 5.60 Å². The Kier molecular flexibility index (Phi) is 4.17. The number of hydrogen-bond acceptors (Lipinski definition) is 3. The zero-order chi connectivity index (χ0) is 13.0. The summed E-state index contributed by atoms with van der Waals surface area (Å²) in [6, 6.07) is 9.92. The summed E-state index contributed by atoms with van der Waals surface area (Å²) in [5.41, 5.74) is 1.12. The van der Waals surface area contributed by atoms with Crippen molar-refractivity contribution < 1.29 is 14.6 Å². The van der Waals surface area contributed by atoms with Gasteiger partial charge in [-0.15, -0.1) is 0 Å². The molecule has 2 rings (SSSR count). The minimum absolute atomic E-state index is 0.371. The number of ether oxygens (including phenoxy) is 2. The van der Waals surface area contributed by atoms with Crippen LogP contribution in [0.2, 0.25) is 0 Å². The molecule has 1 N–H and O–H groups in total. The van der Waals surface area contributed by atoms with Crippen LogP contribution in [0.4, 0.5) is 0 Å². The molecule has 1 aromatic carbocycles. The Morgan fingerprint density at radius 3 is 2.83 bits per heavy atom. The van der Waals surface area contributed by atoms with Crippen molar-refractivity contribution in [1.29, 1.82) is 0 Å². The van der Waals surface area contributed by atoms with Crippen LogP contribution in [0.15, 0.2) is 42.5 Å². The third-order valence-electron chi connectivity index (χ3n) is 3.45. The second-order valence-corrected chi connectivity index (χ2v) is 4.80. The average Bonchev–Trinajstić information content (AvgIpc) is 2.39. The van der Waals surface area contributed by atoms with E-state index in [4.69, 9.17) is 9.47 Å². The van der Waals surface area contributed by atoms with Crippen LogP contribution < -0.4 is 0 Å². The number of aliphatic hydroxyl groups is 1. The molecule has 0 spiro atoms. The first-order chi connectivity index (χ1) is 8.65. The van der Waals surface area contributed by atoms with Gasteiger partial charge in [-0.05, 0) is 24.5 Å². The van der Waals surface area contributed by atoms with Crippen molar-refractivity contribution in [2.75, 3.05) is 13.2 Å². The molecule has 2 atom stereocenters. The maximum Gasteiger partial charge on any atom is 0.138 e. The number of benzene rings is 1. The maximum atomic E-state index is 10.2. The molecule has 1 fully saturated rings. The molecule has 0 saturated carbocycles. The van der Waals surface area contributed by atoms with E-state index in [-0.39, 0.29) is 0 Å². The van der Waals surface area contributed by atoms with E-state index in [0.717, 1.165) is 11.1 Å². The molecule has 1 saturated heterocycles. The predicted octanol–water partition coefficient (Wildman–Crippen LogP) is 2.30. The van der Waals surface area contributed by atoms with Gasteiger partial charge in [-0.25, -0.2) is 0 Å². The largest absolute Gasteiger partial charge is 0.390 e.